The summed E-state index contributed by atoms with van der Waals surface area (Å²) >= 11 is 0. The molecule has 3 N–H and O–H groups in total. The Balaban J connectivity index is 1.55. The van der Waals surface area contributed by atoms with Crippen LogP contribution in [0.15, 0.2) is 58.5 Å². The van der Waals surface area contributed by atoms with Crippen molar-refractivity contribution in [2.75, 3.05) is 37.5 Å². The fourth-order valence-electron chi connectivity index (χ4n) is 5.56. The number of fused-ring (bicyclic) bond motifs is 1. The Labute approximate surface area is 210 Å². The Bertz CT molecular complexity index is 1360. The van der Waals surface area contributed by atoms with Gasteiger partial charge in [0.2, 0.25) is 0 Å². The van der Waals surface area contributed by atoms with Crippen LogP contribution in [0.4, 0.5) is 11.5 Å². The maximum absolute atomic E-state index is 13.7. The second-order valence-corrected chi connectivity index (χ2v) is 9.22. The molecule has 5 rings (SSSR count). The average Bonchev–Trinajstić information content (AvgIpc) is 3.28. The van der Waals surface area contributed by atoms with Gasteiger partial charge in [-0.05, 0) is 61.6 Å². The Morgan fingerprint density at radius 3 is 2.25 bits per heavy atom. The van der Waals surface area contributed by atoms with Crippen LogP contribution in [-0.2, 0) is 4.79 Å². The number of nitrogens with one attached hydrogen (secondary N) is 3. The van der Waals surface area contributed by atoms with Crippen molar-refractivity contribution in [1.82, 2.24) is 10.2 Å². The van der Waals surface area contributed by atoms with Crippen molar-refractivity contribution < 1.29 is 14.3 Å². The summed E-state index contributed by atoms with van der Waals surface area (Å²) in [7, 11) is 3.21. The number of benzene rings is 2. The second-order valence-electron chi connectivity index (χ2n) is 9.22. The molecular weight excluding hydrogens is 456 g/mol. The van der Waals surface area contributed by atoms with Crippen molar-refractivity contribution in [3.05, 3.63) is 80.8 Å². The number of allylic oxidation sites excluding steroid dienone is 2. The van der Waals surface area contributed by atoms with Gasteiger partial charge in [-0.2, -0.15) is 0 Å². The largest absolute Gasteiger partial charge is 0.493 e. The Morgan fingerprint density at radius 2 is 1.58 bits per heavy atom. The molecule has 36 heavy (non-hydrogen) atoms. The number of carbonyl (C=O) groups excluding carboxylic acids is 1. The van der Waals surface area contributed by atoms with E-state index in [4.69, 9.17) is 9.47 Å². The Kier molecular flexibility index (Phi) is 6.35. The van der Waals surface area contributed by atoms with E-state index in [-0.39, 0.29) is 17.3 Å². The number of Topliss-reactive ketones (excluding diaryl/α,β-unsaturated/α-hetero) is 1. The molecular formula is C28H32N4O4. The molecule has 1 aliphatic carbocycles. The van der Waals surface area contributed by atoms with Crippen molar-refractivity contribution in [3.8, 4) is 11.5 Å². The number of rotatable bonds is 7. The minimum Gasteiger partial charge on any atom is -0.493 e. The van der Waals surface area contributed by atoms with Gasteiger partial charge in [-0.1, -0.05) is 18.2 Å². The van der Waals surface area contributed by atoms with E-state index in [9.17, 15) is 9.59 Å². The summed E-state index contributed by atoms with van der Waals surface area (Å²) in [4.78, 5) is 28.8. The lowest BCUT2D eigenvalue weighted by molar-refractivity contribution is -0.116. The smallest absolute Gasteiger partial charge is 0.270 e. The van der Waals surface area contributed by atoms with E-state index in [1.54, 1.807) is 14.2 Å². The molecule has 0 saturated carbocycles. The number of ketones is 1. The third-order valence-corrected chi connectivity index (χ3v) is 7.41. The molecule has 8 heteroatoms. The molecule has 1 aliphatic heterocycles. The van der Waals surface area contributed by atoms with Gasteiger partial charge in [0.15, 0.2) is 17.3 Å². The van der Waals surface area contributed by atoms with Gasteiger partial charge in [0.25, 0.3) is 5.56 Å². The van der Waals surface area contributed by atoms with Crippen LogP contribution in [0.25, 0.3) is 0 Å². The zero-order valence-electron chi connectivity index (χ0n) is 21.1. The summed E-state index contributed by atoms with van der Waals surface area (Å²) < 4.78 is 10.9. The summed E-state index contributed by atoms with van der Waals surface area (Å²) in [6, 6.07) is 14.0. The molecule has 0 fully saturated rings. The molecule has 8 nitrogen and oxygen atoms in total. The second kappa shape index (κ2) is 9.60. The zero-order chi connectivity index (χ0) is 25.4. The number of nitrogens with zero attached hydrogens (tertiary/aromatic N) is 1. The van der Waals surface area contributed by atoms with E-state index in [1.807, 2.05) is 30.3 Å². The first kappa shape index (κ1) is 23.8. The van der Waals surface area contributed by atoms with Gasteiger partial charge in [0, 0.05) is 42.4 Å². The van der Waals surface area contributed by atoms with E-state index in [1.165, 1.54) is 0 Å². The molecule has 3 aromatic rings. The van der Waals surface area contributed by atoms with Gasteiger partial charge >= 0.3 is 0 Å². The number of methoxy groups -OCH3 is 2. The molecule has 0 amide bonds. The molecule has 2 atom stereocenters. The molecule has 0 unspecified atom stereocenters. The number of aromatic amines is 2. The minimum atomic E-state index is -0.421. The monoisotopic (exact) mass is 488 g/mol. The standard InChI is InChI=1S/C28H32N4O4/c1-5-32(6-2)19-10-7-16(8-11-19)24-25-20(29-27-26(24)28(34)31-30-27)13-18(14-21(25)33)17-9-12-22(35-3)23(15-17)36-4/h7-12,15,18,24H,5-6,13-14H2,1-4H3,(H3,29,30,31,34)/t18-,24-/m0/s1. The lowest BCUT2D eigenvalue weighted by Crippen LogP contribution is -2.31. The fraction of sp³-hybridized carbons (Fsp3) is 0.357. The molecule has 0 spiro atoms. The number of anilines is 2. The van der Waals surface area contributed by atoms with E-state index < -0.39 is 5.92 Å². The van der Waals surface area contributed by atoms with Crippen LogP contribution in [0.1, 0.15) is 55.2 Å². The highest BCUT2D eigenvalue weighted by molar-refractivity contribution is 6.01. The lowest BCUT2D eigenvalue weighted by Gasteiger charge is -2.35. The predicted octanol–water partition coefficient (Wildman–Crippen LogP) is 4.52. The zero-order valence-corrected chi connectivity index (χ0v) is 21.1. The maximum atomic E-state index is 13.7. The highest BCUT2D eigenvalue weighted by Crippen LogP contribution is 2.47. The molecule has 0 radical (unpaired) electrons. The first-order valence-corrected chi connectivity index (χ1v) is 12.4. The first-order valence-electron chi connectivity index (χ1n) is 12.4. The van der Waals surface area contributed by atoms with E-state index in [0.717, 1.165) is 35.6 Å². The number of carbonyl (C=O) groups is 1. The molecule has 2 aliphatic rings. The fourth-order valence-corrected chi connectivity index (χ4v) is 5.56. The summed E-state index contributed by atoms with van der Waals surface area (Å²) in [5, 5.41) is 9.03. The molecule has 188 valence electrons. The van der Waals surface area contributed by atoms with Gasteiger partial charge in [-0.3, -0.25) is 19.8 Å². The normalized spacial score (nSPS) is 18.8. The van der Waals surface area contributed by atoms with Gasteiger partial charge in [0.1, 0.15) is 5.82 Å². The number of aromatic nitrogens is 2. The summed E-state index contributed by atoms with van der Waals surface area (Å²) in [5.41, 5.74) is 4.95. The first-order chi connectivity index (χ1) is 17.5. The van der Waals surface area contributed by atoms with Crippen LogP contribution in [0.2, 0.25) is 0 Å². The summed E-state index contributed by atoms with van der Waals surface area (Å²) in [6.45, 7) is 6.08. The summed E-state index contributed by atoms with van der Waals surface area (Å²) in [6.07, 6.45) is 1.01. The topological polar surface area (TPSA) is 99.4 Å². The molecule has 0 saturated heterocycles. The van der Waals surface area contributed by atoms with Crippen LogP contribution in [0, 0.1) is 0 Å². The van der Waals surface area contributed by atoms with Crippen molar-refractivity contribution in [3.63, 3.8) is 0 Å². The van der Waals surface area contributed by atoms with Gasteiger partial charge in [-0.25, -0.2) is 0 Å². The highest BCUT2D eigenvalue weighted by atomic mass is 16.5. The SMILES string of the molecule is CCN(CC)c1ccc([C@H]2C3=C(C[C@H](c4ccc(OC)c(OC)c4)CC3=O)Nc3[nH][nH]c(=O)c32)cc1. The van der Waals surface area contributed by atoms with Crippen LogP contribution < -0.4 is 25.2 Å². The molecule has 2 aromatic carbocycles. The van der Waals surface area contributed by atoms with Crippen LogP contribution in [0.5, 0.6) is 11.5 Å². The maximum Gasteiger partial charge on any atom is 0.270 e. The third kappa shape index (κ3) is 3.96. The molecule has 0 bridgehead atoms. The van der Waals surface area contributed by atoms with Gasteiger partial charge in [-0.15, -0.1) is 0 Å². The quantitative estimate of drug-likeness (QED) is 0.452. The highest BCUT2D eigenvalue weighted by Gasteiger charge is 2.40. The van der Waals surface area contributed by atoms with Crippen molar-refractivity contribution in [2.45, 2.75) is 38.5 Å². The van der Waals surface area contributed by atoms with Crippen molar-refractivity contribution in [2.24, 2.45) is 0 Å². The number of hydrogen-bond donors (Lipinski definition) is 3. The van der Waals surface area contributed by atoms with Crippen LogP contribution in [0.3, 0.4) is 0 Å². The van der Waals surface area contributed by atoms with Crippen LogP contribution in [-0.4, -0.2) is 43.3 Å². The number of hydrogen-bond acceptors (Lipinski definition) is 6. The van der Waals surface area contributed by atoms with E-state index in [0.29, 0.717) is 41.3 Å². The number of H-pyrrole nitrogens is 2. The van der Waals surface area contributed by atoms with Gasteiger partial charge in [0.05, 0.1) is 19.8 Å². The predicted molar refractivity (Wildman–Crippen MR) is 140 cm³/mol. The van der Waals surface area contributed by atoms with Crippen LogP contribution >= 0.6 is 0 Å². The molecule has 1 aromatic heterocycles. The Morgan fingerprint density at radius 1 is 0.889 bits per heavy atom. The number of ether oxygens (including phenoxy) is 2. The van der Waals surface area contributed by atoms with E-state index >= 15 is 0 Å². The third-order valence-electron chi connectivity index (χ3n) is 7.41. The van der Waals surface area contributed by atoms with Gasteiger partial charge < -0.3 is 19.7 Å². The summed E-state index contributed by atoms with van der Waals surface area (Å²) in [5.74, 6) is 1.53. The lowest BCUT2D eigenvalue weighted by atomic mass is 9.73. The average molecular weight is 489 g/mol. The minimum absolute atomic E-state index is 0.0125. The van der Waals surface area contributed by atoms with E-state index in [2.05, 4.69) is 46.4 Å². The van der Waals surface area contributed by atoms with Crippen molar-refractivity contribution >= 4 is 17.3 Å². The Hall–Kier alpha value is -3.94. The molecule has 2 heterocycles. The van der Waals surface area contributed by atoms with Crippen molar-refractivity contribution in [1.29, 1.82) is 0 Å².